The molecule has 0 saturated heterocycles. The predicted octanol–water partition coefficient (Wildman–Crippen LogP) is 3.27. The van der Waals surface area contributed by atoms with Crippen molar-refractivity contribution >= 4 is 22.9 Å². The van der Waals surface area contributed by atoms with Gasteiger partial charge in [-0.2, -0.15) is 0 Å². The van der Waals surface area contributed by atoms with Crippen LogP contribution >= 0.6 is 22.9 Å². The van der Waals surface area contributed by atoms with Crippen molar-refractivity contribution in [2.75, 3.05) is 0 Å². The van der Waals surface area contributed by atoms with E-state index in [1.807, 2.05) is 24.3 Å². The first-order valence-corrected chi connectivity index (χ1v) is 7.26. The van der Waals surface area contributed by atoms with Crippen LogP contribution in [0.3, 0.4) is 0 Å². The summed E-state index contributed by atoms with van der Waals surface area (Å²) < 4.78 is 5.59. The van der Waals surface area contributed by atoms with E-state index >= 15 is 0 Å². The molecule has 1 aromatic carbocycles. The van der Waals surface area contributed by atoms with Crippen molar-refractivity contribution in [3.8, 4) is 5.19 Å². The van der Waals surface area contributed by atoms with Gasteiger partial charge in [0.15, 0.2) is 0 Å². The summed E-state index contributed by atoms with van der Waals surface area (Å²) in [6, 6.07) is 8.02. The highest BCUT2D eigenvalue weighted by atomic mass is 35.5. The van der Waals surface area contributed by atoms with Crippen LogP contribution in [0.15, 0.2) is 24.3 Å². The van der Waals surface area contributed by atoms with Gasteiger partial charge in [0.25, 0.3) is 5.19 Å². The van der Waals surface area contributed by atoms with Gasteiger partial charge in [-0.15, -0.1) is 5.10 Å². The quantitative estimate of drug-likeness (QED) is 0.889. The van der Waals surface area contributed by atoms with Crippen LogP contribution in [-0.2, 0) is 13.2 Å². The fourth-order valence-electron chi connectivity index (χ4n) is 1.43. The normalized spacial score (nSPS) is 10.9. The summed E-state index contributed by atoms with van der Waals surface area (Å²) in [5.74, 6) is 0. The highest BCUT2D eigenvalue weighted by Gasteiger charge is 2.06. The molecular formula is C13H16ClN3OS. The van der Waals surface area contributed by atoms with Gasteiger partial charge in [0.05, 0.1) is 6.54 Å². The molecule has 0 aliphatic rings. The molecule has 6 heteroatoms. The Balaban J connectivity index is 1.86. The van der Waals surface area contributed by atoms with E-state index in [4.69, 9.17) is 16.3 Å². The molecule has 0 radical (unpaired) electrons. The molecule has 102 valence electrons. The van der Waals surface area contributed by atoms with Gasteiger partial charge in [0.2, 0.25) is 0 Å². The smallest absolute Gasteiger partial charge is 0.294 e. The van der Waals surface area contributed by atoms with Crippen molar-refractivity contribution in [2.24, 2.45) is 0 Å². The second-order valence-corrected chi connectivity index (χ2v) is 5.88. The van der Waals surface area contributed by atoms with Crippen LogP contribution in [0.5, 0.6) is 5.19 Å². The molecule has 0 saturated carbocycles. The molecule has 0 bridgehead atoms. The number of rotatable bonds is 6. The van der Waals surface area contributed by atoms with Gasteiger partial charge in [-0.05, 0) is 17.7 Å². The van der Waals surface area contributed by atoms with E-state index in [0.717, 1.165) is 17.1 Å². The van der Waals surface area contributed by atoms with Gasteiger partial charge < -0.3 is 10.1 Å². The van der Waals surface area contributed by atoms with Gasteiger partial charge >= 0.3 is 0 Å². The topological polar surface area (TPSA) is 47.0 Å². The number of halogens is 1. The number of benzene rings is 1. The van der Waals surface area contributed by atoms with Gasteiger partial charge in [0.1, 0.15) is 11.6 Å². The average molecular weight is 298 g/mol. The zero-order chi connectivity index (χ0) is 13.7. The minimum atomic E-state index is 0.430. The Labute approximate surface area is 121 Å². The zero-order valence-electron chi connectivity index (χ0n) is 10.9. The number of nitrogens with zero attached hydrogens (tertiary/aromatic N) is 2. The number of aromatic nitrogens is 2. The molecule has 0 fully saturated rings. The summed E-state index contributed by atoms with van der Waals surface area (Å²) in [6.07, 6.45) is 0. The third kappa shape index (κ3) is 4.78. The van der Waals surface area contributed by atoms with Crippen LogP contribution in [0.25, 0.3) is 0 Å². The maximum absolute atomic E-state index is 5.91. The van der Waals surface area contributed by atoms with Gasteiger partial charge in [-0.3, -0.25) is 0 Å². The molecule has 1 N–H and O–H groups in total. The summed E-state index contributed by atoms with van der Waals surface area (Å²) in [7, 11) is 0. The van der Waals surface area contributed by atoms with E-state index in [9.17, 15) is 0 Å². The van der Waals surface area contributed by atoms with Crippen LogP contribution in [0.4, 0.5) is 0 Å². The van der Waals surface area contributed by atoms with E-state index in [1.165, 1.54) is 11.3 Å². The van der Waals surface area contributed by atoms with E-state index in [0.29, 0.717) is 22.9 Å². The fourth-order valence-corrected chi connectivity index (χ4v) is 2.28. The maximum Gasteiger partial charge on any atom is 0.294 e. The Bertz CT molecular complexity index is 530. The summed E-state index contributed by atoms with van der Waals surface area (Å²) >= 11 is 7.37. The predicted molar refractivity (Wildman–Crippen MR) is 77.7 cm³/mol. The number of hydrogen-bond acceptors (Lipinski definition) is 5. The number of hydrogen-bond donors (Lipinski definition) is 1. The molecule has 0 aliphatic carbocycles. The van der Waals surface area contributed by atoms with Crippen LogP contribution < -0.4 is 10.1 Å². The molecule has 4 nitrogen and oxygen atoms in total. The highest BCUT2D eigenvalue weighted by Crippen LogP contribution is 2.20. The van der Waals surface area contributed by atoms with E-state index in [-0.39, 0.29) is 0 Å². The first-order chi connectivity index (χ1) is 9.13. The van der Waals surface area contributed by atoms with Crippen LogP contribution in [-0.4, -0.2) is 16.2 Å². The summed E-state index contributed by atoms with van der Waals surface area (Å²) in [6.45, 7) is 5.36. The van der Waals surface area contributed by atoms with Crippen molar-refractivity contribution in [3.63, 3.8) is 0 Å². The molecule has 0 amide bonds. The van der Waals surface area contributed by atoms with Gasteiger partial charge in [-0.25, -0.2) is 0 Å². The molecule has 0 unspecified atom stereocenters. The minimum Gasteiger partial charge on any atom is -0.464 e. The maximum atomic E-state index is 5.91. The van der Waals surface area contributed by atoms with Gasteiger partial charge in [0, 0.05) is 11.1 Å². The monoisotopic (exact) mass is 297 g/mol. The molecule has 19 heavy (non-hydrogen) atoms. The SMILES string of the molecule is CC(C)NCc1nnc(OCc2cccc(Cl)c2)s1. The molecule has 2 rings (SSSR count). The molecular weight excluding hydrogens is 282 g/mol. The van der Waals surface area contributed by atoms with Crippen molar-refractivity contribution < 1.29 is 4.74 Å². The lowest BCUT2D eigenvalue weighted by Gasteiger charge is -2.04. The lowest BCUT2D eigenvalue weighted by molar-refractivity contribution is 0.302. The molecule has 1 aromatic heterocycles. The lowest BCUT2D eigenvalue weighted by Crippen LogP contribution is -2.21. The molecule has 0 spiro atoms. The highest BCUT2D eigenvalue weighted by molar-refractivity contribution is 7.13. The Kier molecular flexibility index (Phi) is 5.13. The molecule has 1 heterocycles. The standard InChI is InChI=1S/C13H16ClN3OS/c1-9(2)15-7-12-16-17-13(19-12)18-8-10-4-3-5-11(14)6-10/h3-6,9,15H,7-8H2,1-2H3. The summed E-state index contributed by atoms with van der Waals surface area (Å²) in [4.78, 5) is 0. The molecule has 0 atom stereocenters. The average Bonchev–Trinajstić information content (AvgIpc) is 2.82. The van der Waals surface area contributed by atoms with Crippen LogP contribution in [0, 0.1) is 0 Å². The fraction of sp³-hybridized carbons (Fsp3) is 0.385. The van der Waals surface area contributed by atoms with Crippen molar-refractivity contribution in [2.45, 2.75) is 33.0 Å². The minimum absolute atomic E-state index is 0.430. The van der Waals surface area contributed by atoms with Crippen molar-refractivity contribution in [1.29, 1.82) is 0 Å². The lowest BCUT2D eigenvalue weighted by atomic mass is 10.2. The summed E-state index contributed by atoms with van der Waals surface area (Å²) in [5.41, 5.74) is 1.02. The van der Waals surface area contributed by atoms with Crippen molar-refractivity contribution in [3.05, 3.63) is 39.9 Å². The van der Waals surface area contributed by atoms with Crippen LogP contribution in [0.2, 0.25) is 5.02 Å². The Morgan fingerprint density at radius 1 is 1.37 bits per heavy atom. The van der Waals surface area contributed by atoms with Crippen molar-refractivity contribution in [1.82, 2.24) is 15.5 Å². The Morgan fingerprint density at radius 3 is 2.95 bits per heavy atom. The zero-order valence-corrected chi connectivity index (χ0v) is 12.5. The summed E-state index contributed by atoms with van der Waals surface area (Å²) in [5, 5.41) is 13.6. The molecule has 2 aromatic rings. The van der Waals surface area contributed by atoms with E-state index in [2.05, 4.69) is 29.4 Å². The third-order valence-corrected chi connectivity index (χ3v) is 3.43. The largest absolute Gasteiger partial charge is 0.464 e. The second-order valence-electron chi connectivity index (χ2n) is 4.42. The molecule has 0 aliphatic heterocycles. The van der Waals surface area contributed by atoms with Gasteiger partial charge in [-0.1, -0.05) is 54.0 Å². The number of ether oxygens (including phenoxy) is 1. The first kappa shape index (κ1) is 14.2. The number of nitrogens with one attached hydrogen (secondary N) is 1. The third-order valence-electron chi connectivity index (χ3n) is 2.36. The Hall–Kier alpha value is -1.17. The first-order valence-electron chi connectivity index (χ1n) is 6.06. The second kappa shape index (κ2) is 6.84. The van der Waals surface area contributed by atoms with E-state index in [1.54, 1.807) is 0 Å². The van der Waals surface area contributed by atoms with Crippen LogP contribution in [0.1, 0.15) is 24.4 Å². The Morgan fingerprint density at radius 2 is 2.21 bits per heavy atom. The van der Waals surface area contributed by atoms with E-state index < -0.39 is 0 Å².